The van der Waals surface area contributed by atoms with E-state index in [0.29, 0.717) is 18.5 Å². The molecule has 0 spiro atoms. The first-order chi connectivity index (χ1) is 8.99. The number of likely N-dealkylation sites (tertiary alicyclic amines) is 1. The molecule has 3 heteroatoms. The van der Waals surface area contributed by atoms with Crippen LogP contribution < -0.4 is 5.73 Å². The number of anilines is 1. The van der Waals surface area contributed by atoms with Crippen LogP contribution in [0.4, 0.5) is 5.69 Å². The molecule has 2 N–H and O–H groups in total. The third-order valence-corrected chi connectivity index (χ3v) is 4.12. The summed E-state index contributed by atoms with van der Waals surface area (Å²) >= 11 is 0. The highest BCUT2D eigenvalue weighted by Gasteiger charge is 2.28. The zero-order valence-corrected chi connectivity index (χ0v) is 12.1. The fourth-order valence-electron chi connectivity index (χ4n) is 3.04. The second-order valence-electron chi connectivity index (χ2n) is 5.81. The summed E-state index contributed by atoms with van der Waals surface area (Å²) in [6.45, 7) is 6.30. The second kappa shape index (κ2) is 5.64. The van der Waals surface area contributed by atoms with Crippen LogP contribution in [-0.2, 0) is 11.2 Å². The van der Waals surface area contributed by atoms with Gasteiger partial charge in [-0.3, -0.25) is 4.79 Å². The number of piperidine rings is 1. The summed E-state index contributed by atoms with van der Waals surface area (Å²) in [4.78, 5) is 14.5. The minimum atomic E-state index is 0.204. The van der Waals surface area contributed by atoms with E-state index in [9.17, 15) is 4.79 Å². The summed E-state index contributed by atoms with van der Waals surface area (Å²) in [5, 5.41) is 0. The molecule has 1 aliphatic rings. The van der Waals surface area contributed by atoms with Crippen LogP contribution in [0.25, 0.3) is 0 Å². The minimum absolute atomic E-state index is 0.204. The lowest BCUT2D eigenvalue weighted by atomic mass is 9.96. The van der Waals surface area contributed by atoms with Gasteiger partial charge in [-0.1, -0.05) is 12.1 Å². The molecule has 1 amide bonds. The molecular weight excluding hydrogens is 236 g/mol. The zero-order valence-electron chi connectivity index (χ0n) is 12.1. The van der Waals surface area contributed by atoms with Crippen molar-refractivity contribution in [2.24, 2.45) is 0 Å². The van der Waals surface area contributed by atoms with Crippen molar-refractivity contribution in [2.75, 3.05) is 5.73 Å². The van der Waals surface area contributed by atoms with Crippen molar-refractivity contribution in [2.45, 2.75) is 58.5 Å². The number of benzene rings is 1. The predicted molar refractivity (Wildman–Crippen MR) is 78.9 cm³/mol. The van der Waals surface area contributed by atoms with Gasteiger partial charge in [-0.05, 0) is 57.2 Å². The number of carbonyl (C=O) groups is 1. The quantitative estimate of drug-likeness (QED) is 0.831. The van der Waals surface area contributed by atoms with Crippen LogP contribution in [0.2, 0.25) is 0 Å². The molecule has 0 radical (unpaired) electrons. The van der Waals surface area contributed by atoms with Crippen LogP contribution in [0.5, 0.6) is 0 Å². The predicted octanol–water partition coefficient (Wildman–Crippen LogP) is 2.91. The molecular formula is C16H24N2O. The van der Waals surface area contributed by atoms with Gasteiger partial charge < -0.3 is 10.6 Å². The largest absolute Gasteiger partial charge is 0.398 e. The van der Waals surface area contributed by atoms with Crippen LogP contribution >= 0.6 is 0 Å². The molecule has 3 nitrogen and oxygen atoms in total. The molecule has 1 aromatic carbocycles. The van der Waals surface area contributed by atoms with E-state index in [4.69, 9.17) is 5.73 Å². The number of nitrogen functional groups attached to an aromatic ring is 1. The Balaban J connectivity index is 2.11. The highest BCUT2D eigenvalue weighted by Crippen LogP contribution is 2.24. The van der Waals surface area contributed by atoms with Crippen molar-refractivity contribution in [1.29, 1.82) is 0 Å². The number of nitrogens with two attached hydrogens (primary N) is 1. The van der Waals surface area contributed by atoms with Crippen LogP contribution in [0.15, 0.2) is 18.2 Å². The van der Waals surface area contributed by atoms with Gasteiger partial charge in [0.15, 0.2) is 0 Å². The Labute approximate surface area is 115 Å². The van der Waals surface area contributed by atoms with E-state index in [1.165, 1.54) is 6.42 Å². The Morgan fingerprint density at radius 3 is 2.53 bits per heavy atom. The van der Waals surface area contributed by atoms with E-state index < -0.39 is 0 Å². The number of carbonyl (C=O) groups excluding carboxylic acids is 1. The average molecular weight is 260 g/mol. The molecule has 1 aliphatic heterocycles. The molecule has 1 aromatic rings. The molecule has 0 aromatic heterocycles. The van der Waals surface area contributed by atoms with Crippen molar-refractivity contribution in [3.05, 3.63) is 29.3 Å². The van der Waals surface area contributed by atoms with E-state index in [1.807, 2.05) is 30.0 Å². The topological polar surface area (TPSA) is 46.3 Å². The lowest BCUT2D eigenvalue weighted by Crippen LogP contribution is -2.48. The first-order valence-electron chi connectivity index (χ1n) is 7.15. The molecule has 2 atom stereocenters. The SMILES string of the molecule is Cc1ccc(CC(=O)N2C(C)CCCC2C)c(N)c1. The molecule has 19 heavy (non-hydrogen) atoms. The Morgan fingerprint density at radius 1 is 1.32 bits per heavy atom. The van der Waals surface area contributed by atoms with Gasteiger partial charge in [0.2, 0.25) is 5.91 Å². The van der Waals surface area contributed by atoms with Crippen LogP contribution in [0.3, 0.4) is 0 Å². The maximum Gasteiger partial charge on any atom is 0.227 e. The lowest BCUT2D eigenvalue weighted by molar-refractivity contribution is -0.136. The van der Waals surface area contributed by atoms with Crippen LogP contribution in [0.1, 0.15) is 44.2 Å². The average Bonchev–Trinajstić information content (AvgIpc) is 2.32. The molecule has 0 saturated carbocycles. The van der Waals surface area contributed by atoms with E-state index >= 15 is 0 Å². The second-order valence-corrected chi connectivity index (χ2v) is 5.81. The molecule has 0 aliphatic carbocycles. The van der Waals surface area contributed by atoms with E-state index in [-0.39, 0.29) is 5.91 Å². The van der Waals surface area contributed by atoms with Crippen LogP contribution in [-0.4, -0.2) is 22.9 Å². The van der Waals surface area contributed by atoms with Crippen molar-refractivity contribution in [3.8, 4) is 0 Å². The molecule has 1 fully saturated rings. The molecule has 1 saturated heterocycles. The molecule has 0 bridgehead atoms. The first kappa shape index (κ1) is 13.9. The van der Waals surface area contributed by atoms with Gasteiger partial charge in [0, 0.05) is 17.8 Å². The number of hydrogen-bond acceptors (Lipinski definition) is 2. The molecule has 1 heterocycles. The maximum atomic E-state index is 12.5. The van der Waals surface area contributed by atoms with Crippen molar-refractivity contribution in [3.63, 3.8) is 0 Å². The van der Waals surface area contributed by atoms with Crippen molar-refractivity contribution < 1.29 is 4.79 Å². The van der Waals surface area contributed by atoms with Gasteiger partial charge in [0.1, 0.15) is 0 Å². The molecule has 2 rings (SSSR count). The van der Waals surface area contributed by atoms with E-state index in [2.05, 4.69) is 13.8 Å². The molecule has 2 unspecified atom stereocenters. The van der Waals surface area contributed by atoms with Gasteiger partial charge in [-0.2, -0.15) is 0 Å². The summed E-state index contributed by atoms with van der Waals surface area (Å²) < 4.78 is 0. The highest BCUT2D eigenvalue weighted by molar-refractivity contribution is 5.81. The summed E-state index contributed by atoms with van der Waals surface area (Å²) in [5.74, 6) is 0.204. The summed E-state index contributed by atoms with van der Waals surface area (Å²) in [6, 6.07) is 6.63. The Morgan fingerprint density at radius 2 is 1.95 bits per heavy atom. The van der Waals surface area contributed by atoms with E-state index in [1.54, 1.807) is 0 Å². The highest BCUT2D eigenvalue weighted by atomic mass is 16.2. The number of nitrogens with zero attached hydrogens (tertiary/aromatic N) is 1. The van der Waals surface area contributed by atoms with Gasteiger partial charge in [0.05, 0.1) is 6.42 Å². The third-order valence-electron chi connectivity index (χ3n) is 4.12. The standard InChI is InChI=1S/C16H24N2O/c1-11-7-8-14(15(17)9-11)10-16(19)18-12(2)5-4-6-13(18)3/h7-9,12-13H,4-6,10,17H2,1-3H3. The van der Waals surface area contributed by atoms with E-state index in [0.717, 1.165) is 29.7 Å². The first-order valence-corrected chi connectivity index (χ1v) is 7.15. The summed E-state index contributed by atoms with van der Waals surface area (Å²) in [6.07, 6.45) is 3.86. The summed E-state index contributed by atoms with van der Waals surface area (Å²) in [7, 11) is 0. The van der Waals surface area contributed by atoms with Gasteiger partial charge >= 0.3 is 0 Å². The van der Waals surface area contributed by atoms with Crippen molar-refractivity contribution >= 4 is 11.6 Å². The summed E-state index contributed by atoms with van der Waals surface area (Å²) in [5.41, 5.74) is 8.80. The Kier molecular flexibility index (Phi) is 4.13. The Bertz CT molecular complexity index is 460. The van der Waals surface area contributed by atoms with Crippen LogP contribution in [0, 0.1) is 6.92 Å². The van der Waals surface area contributed by atoms with Gasteiger partial charge in [0.25, 0.3) is 0 Å². The smallest absolute Gasteiger partial charge is 0.227 e. The number of rotatable bonds is 2. The monoisotopic (exact) mass is 260 g/mol. The number of hydrogen-bond donors (Lipinski definition) is 1. The Hall–Kier alpha value is -1.51. The zero-order chi connectivity index (χ0) is 14.0. The fraction of sp³-hybridized carbons (Fsp3) is 0.562. The normalized spacial score (nSPS) is 23.4. The maximum absolute atomic E-state index is 12.5. The number of aryl methyl sites for hydroxylation is 1. The fourth-order valence-corrected chi connectivity index (χ4v) is 3.04. The van der Waals surface area contributed by atoms with Gasteiger partial charge in [-0.25, -0.2) is 0 Å². The third kappa shape index (κ3) is 3.09. The van der Waals surface area contributed by atoms with Crippen molar-refractivity contribution in [1.82, 2.24) is 4.90 Å². The number of amides is 1. The molecule has 104 valence electrons. The minimum Gasteiger partial charge on any atom is -0.398 e. The van der Waals surface area contributed by atoms with Gasteiger partial charge in [-0.15, -0.1) is 0 Å². The lowest BCUT2D eigenvalue weighted by Gasteiger charge is -2.39.